The zero-order valence-corrected chi connectivity index (χ0v) is 42.0. The van der Waals surface area contributed by atoms with Crippen molar-refractivity contribution in [2.24, 2.45) is 5.73 Å². The summed E-state index contributed by atoms with van der Waals surface area (Å²) in [4.78, 5) is 11.1. The second-order valence-corrected chi connectivity index (χ2v) is 19.4. The first-order valence-electron chi connectivity index (χ1n) is 27.6. The van der Waals surface area contributed by atoms with Gasteiger partial charge in [0.15, 0.2) is 0 Å². The Balaban J connectivity index is 0. The molecule has 0 saturated heterocycles. The smallest absolute Gasteiger partial charge is 0.305 e. The van der Waals surface area contributed by atoms with Crippen LogP contribution in [0.5, 0.6) is 0 Å². The molecule has 0 heterocycles. The lowest BCUT2D eigenvalue weighted by Crippen LogP contribution is -2.13. The molecule has 0 bridgehead atoms. The number of carbonyl (C=O) groups is 1. The van der Waals surface area contributed by atoms with Crippen LogP contribution in [0.3, 0.4) is 0 Å². The van der Waals surface area contributed by atoms with Gasteiger partial charge in [-0.1, -0.05) is 303 Å². The first-order valence-corrected chi connectivity index (χ1v) is 28.1. The molecule has 0 spiro atoms. The fourth-order valence-electron chi connectivity index (χ4n) is 8.50. The Labute approximate surface area is 378 Å². The molecular weight excluding hydrogens is 742 g/mol. The molecule has 0 saturated carbocycles. The highest BCUT2D eigenvalue weighted by molar-refractivity contribution is 6.20. The first-order chi connectivity index (χ1) is 29.1. The largest absolute Gasteiger partial charge is 0.464 e. The Morgan fingerprint density at radius 1 is 0.356 bits per heavy atom. The summed E-state index contributed by atoms with van der Waals surface area (Å²) in [7, 11) is 0. The third-order valence-electron chi connectivity index (χ3n) is 12.6. The van der Waals surface area contributed by atoms with Gasteiger partial charge in [0, 0.05) is 18.3 Å². The Bertz CT molecular complexity index is 692. The third kappa shape index (κ3) is 59.8. The lowest BCUT2D eigenvalue weighted by atomic mass is 10.0. The number of rotatable bonds is 50. The van der Waals surface area contributed by atoms with Crippen molar-refractivity contribution < 1.29 is 9.53 Å². The van der Waals surface area contributed by atoms with Crippen molar-refractivity contribution in [2.45, 2.75) is 334 Å². The van der Waals surface area contributed by atoms with Gasteiger partial charge in [0.1, 0.15) is 6.61 Å². The minimum absolute atomic E-state index is 0.0987. The van der Waals surface area contributed by atoms with Crippen LogP contribution < -0.4 is 5.73 Å². The molecule has 59 heavy (non-hydrogen) atoms. The molecule has 0 aromatic carbocycles. The summed E-state index contributed by atoms with van der Waals surface area (Å²) in [5.41, 5.74) is 5.24. The van der Waals surface area contributed by atoms with E-state index in [-0.39, 0.29) is 5.97 Å². The van der Waals surface area contributed by atoms with Crippen molar-refractivity contribution >= 4 is 17.6 Å². The van der Waals surface area contributed by atoms with Crippen molar-refractivity contribution in [3.8, 4) is 0 Å². The fourth-order valence-corrected chi connectivity index (χ4v) is 8.81. The molecule has 0 amide bonds. The van der Waals surface area contributed by atoms with Gasteiger partial charge in [0.05, 0.1) is 0 Å². The van der Waals surface area contributed by atoms with E-state index in [0.717, 1.165) is 12.8 Å². The minimum atomic E-state index is -0.0987. The molecule has 0 unspecified atom stereocenters. The minimum Gasteiger partial charge on any atom is -0.464 e. The van der Waals surface area contributed by atoms with Crippen LogP contribution in [0.4, 0.5) is 0 Å². The number of nitrogens with two attached hydrogens (primary N) is 1. The van der Waals surface area contributed by atoms with Gasteiger partial charge in [0.25, 0.3) is 0 Å². The summed E-state index contributed by atoms with van der Waals surface area (Å²) in [6.45, 7) is 7.63. The van der Waals surface area contributed by atoms with Gasteiger partial charge in [-0.25, -0.2) is 0 Å². The average Bonchev–Trinajstić information content (AvgIpc) is 3.24. The van der Waals surface area contributed by atoms with Crippen molar-refractivity contribution in [3.05, 3.63) is 0 Å². The summed E-state index contributed by atoms with van der Waals surface area (Å²) in [6.07, 6.45) is 66.7. The Morgan fingerprint density at radius 2 is 0.559 bits per heavy atom. The molecular formula is C55H112ClNO2. The number of esters is 1. The molecule has 0 fully saturated rings. The number of unbranched alkanes of at least 4 members (excludes halogenated alkanes) is 42. The summed E-state index contributed by atoms with van der Waals surface area (Å²) >= 11 is 6.63. The highest BCUT2D eigenvalue weighted by Crippen LogP contribution is 2.20. The van der Waals surface area contributed by atoms with E-state index >= 15 is 0 Å². The molecule has 0 rings (SSSR count). The molecule has 4 heteroatoms. The molecule has 0 aliphatic carbocycles. The van der Waals surface area contributed by atoms with E-state index in [9.17, 15) is 4.79 Å². The SMILES string of the molecule is CCCCCCCCCCCC(=O)OCCN.CCCCCCCCCCCCCCCCCCCCC(Cl)CCCCCCCCCCCCCCCCCCCC. The molecule has 0 aliphatic heterocycles. The normalized spacial score (nSPS) is 11.4. The van der Waals surface area contributed by atoms with Gasteiger partial charge in [-0.2, -0.15) is 0 Å². The molecule has 0 aliphatic rings. The van der Waals surface area contributed by atoms with Crippen LogP contribution in [0.15, 0.2) is 0 Å². The summed E-state index contributed by atoms with van der Waals surface area (Å²) in [6, 6.07) is 0. The predicted octanol–water partition coefficient (Wildman–Crippen LogP) is 19.9. The van der Waals surface area contributed by atoms with Crippen LogP contribution in [0.25, 0.3) is 0 Å². The van der Waals surface area contributed by atoms with Gasteiger partial charge in [-0.15, -0.1) is 11.6 Å². The highest BCUT2D eigenvalue weighted by atomic mass is 35.5. The summed E-state index contributed by atoms with van der Waals surface area (Å²) in [5, 5.41) is 0.437. The molecule has 2 N–H and O–H groups in total. The zero-order valence-electron chi connectivity index (χ0n) is 41.2. The van der Waals surface area contributed by atoms with Crippen LogP contribution >= 0.6 is 11.6 Å². The molecule has 0 atom stereocenters. The molecule has 356 valence electrons. The topological polar surface area (TPSA) is 52.3 Å². The summed E-state index contributed by atoms with van der Waals surface area (Å²) in [5.74, 6) is -0.0987. The highest BCUT2D eigenvalue weighted by Gasteiger charge is 2.05. The monoisotopic (exact) mass is 854 g/mol. The lowest BCUT2D eigenvalue weighted by molar-refractivity contribution is -0.143. The maximum absolute atomic E-state index is 11.1. The second kappa shape index (κ2) is 57.7. The Morgan fingerprint density at radius 3 is 0.780 bits per heavy atom. The molecule has 3 nitrogen and oxygen atoms in total. The van der Waals surface area contributed by atoms with Crippen LogP contribution in [0, 0.1) is 0 Å². The van der Waals surface area contributed by atoms with E-state index < -0.39 is 0 Å². The van der Waals surface area contributed by atoms with Gasteiger partial charge in [0.2, 0.25) is 0 Å². The standard InChI is InChI=1S/C41H83Cl.C14H29NO2/c1-3-5-7-9-11-13-15-17-19-21-23-25-27-29-31-33-35-37-39-41(42)40-38-36-34-32-30-28-26-24-22-20-18-16-14-12-10-8-6-4-2;1-2-3-4-5-6-7-8-9-10-11-14(16)17-13-12-15/h41H,3-40H2,1-2H3;2-13,15H2,1H3. The van der Waals surface area contributed by atoms with E-state index in [1.54, 1.807) is 0 Å². The first kappa shape index (κ1) is 60.8. The maximum Gasteiger partial charge on any atom is 0.305 e. The molecule has 0 radical (unpaired) electrons. The number of ether oxygens (including phenoxy) is 1. The van der Waals surface area contributed by atoms with Crippen LogP contribution in [0.1, 0.15) is 329 Å². The van der Waals surface area contributed by atoms with Crippen molar-refractivity contribution in [1.29, 1.82) is 0 Å². The molecule has 0 aromatic rings. The van der Waals surface area contributed by atoms with E-state index in [1.807, 2.05) is 0 Å². The van der Waals surface area contributed by atoms with E-state index in [2.05, 4.69) is 20.8 Å². The zero-order chi connectivity index (χ0) is 43.2. The molecule has 0 aromatic heterocycles. The van der Waals surface area contributed by atoms with Crippen molar-refractivity contribution in [3.63, 3.8) is 0 Å². The Hall–Kier alpha value is -0.280. The second-order valence-electron chi connectivity index (χ2n) is 18.8. The van der Waals surface area contributed by atoms with Gasteiger partial charge >= 0.3 is 5.97 Å². The van der Waals surface area contributed by atoms with Gasteiger partial charge in [-0.05, 0) is 19.3 Å². The average molecular weight is 855 g/mol. The van der Waals surface area contributed by atoms with Gasteiger partial charge in [-0.3, -0.25) is 4.79 Å². The van der Waals surface area contributed by atoms with Crippen LogP contribution in [-0.2, 0) is 9.53 Å². The van der Waals surface area contributed by atoms with Crippen molar-refractivity contribution in [2.75, 3.05) is 13.2 Å². The van der Waals surface area contributed by atoms with Crippen LogP contribution in [0.2, 0.25) is 0 Å². The Kier molecular flexibility index (Phi) is 59.5. The predicted molar refractivity (Wildman–Crippen MR) is 268 cm³/mol. The van der Waals surface area contributed by atoms with Gasteiger partial charge < -0.3 is 10.5 Å². The van der Waals surface area contributed by atoms with E-state index in [4.69, 9.17) is 22.1 Å². The number of alkyl halides is 1. The quantitative estimate of drug-likeness (QED) is 0.0377. The fraction of sp³-hybridized carbons (Fsp3) is 0.982. The third-order valence-corrected chi connectivity index (χ3v) is 13.0. The number of carbonyl (C=O) groups excluding carboxylic acids is 1. The number of hydrogen-bond donors (Lipinski definition) is 1. The lowest BCUT2D eigenvalue weighted by Gasteiger charge is -2.09. The number of hydrogen-bond acceptors (Lipinski definition) is 3. The summed E-state index contributed by atoms with van der Waals surface area (Å²) < 4.78 is 4.90. The van der Waals surface area contributed by atoms with E-state index in [0.29, 0.717) is 24.9 Å². The van der Waals surface area contributed by atoms with Crippen LogP contribution in [-0.4, -0.2) is 24.5 Å². The van der Waals surface area contributed by atoms with E-state index in [1.165, 1.54) is 289 Å². The number of halogens is 1. The maximum atomic E-state index is 11.1. The van der Waals surface area contributed by atoms with Crippen molar-refractivity contribution in [1.82, 2.24) is 0 Å².